The molecule has 2 heteroatoms. The lowest BCUT2D eigenvalue weighted by atomic mass is 9.87. The molecule has 1 aromatic carbocycles. The van der Waals surface area contributed by atoms with Crippen LogP contribution in [0.4, 0.5) is 0 Å². The first-order valence-electron chi connectivity index (χ1n) is 6.27. The Hall–Kier alpha value is -1.62. The number of hydrogen-bond donors (Lipinski definition) is 0. The Labute approximate surface area is 109 Å². The molecule has 1 heterocycles. The van der Waals surface area contributed by atoms with Crippen molar-refractivity contribution < 1.29 is 9.47 Å². The van der Waals surface area contributed by atoms with Crippen molar-refractivity contribution in [2.45, 2.75) is 46.1 Å². The molecule has 0 N–H and O–H groups in total. The average Bonchev–Trinajstić information content (AvgIpc) is 2.37. The predicted octanol–water partition coefficient (Wildman–Crippen LogP) is 3.34. The topological polar surface area (TPSA) is 18.5 Å². The summed E-state index contributed by atoms with van der Waals surface area (Å²) in [6.45, 7) is 8.20. The van der Waals surface area contributed by atoms with E-state index in [4.69, 9.17) is 15.9 Å². The molecule has 1 aliphatic rings. The van der Waals surface area contributed by atoms with E-state index in [1.54, 1.807) is 7.11 Å². The van der Waals surface area contributed by atoms with Crippen molar-refractivity contribution in [3.8, 4) is 23.8 Å². The summed E-state index contributed by atoms with van der Waals surface area (Å²) in [5.74, 6) is 4.69. The summed E-state index contributed by atoms with van der Waals surface area (Å²) in [7, 11) is 1.72. The van der Waals surface area contributed by atoms with Crippen molar-refractivity contribution in [2.24, 2.45) is 0 Å². The molecule has 1 atom stereocenters. The molecule has 0 saturated heterocycles. The molecule has 1 aromatic rings. The van der Waals surface area contributed by atoms with Crippen LogP contribution in [0.1, 0.15) is 35.6 Å². The number of rotatable bonds is 1. The Balaban J connectivity index is 2.64. The summed E-state index contributed by atoms with van der Waals surface area (Å²) in [4.78, 5) is 0. The minimum absolute atomic E-state index is 0.481. The molecule has 0 radical (unpaired) electrons. The van der Waals surface area contributed by atoms with Crippen molar-refractivity contribution in [2.75, 3.05) is 7.11 Å². The van der Waals surface area contributed by atoms with E-state index in [0.29, 0.717) is 0 Å². The molecule has 0 amide bonds. The standard InChI is InChI=1S/C16H20O2/c1-7-16(5)9-8-13-12(4)14(17-6)10(2)11(3)15(13)18-16/h1H,8-9H2,2-6H3. The Morgan fingerprint density at radius 2 is 1.89 bits per heavy atom. The zero-order valence-corrected chi connectivity index (χ0v) is 11.8. The third kappa shape index (κ3) is 1.75. The smallest absolute Gasteiger partial charge is 0.166 e. The van der Waals surface area contributed by atoms with Crippen molar-refractivity contribution in [3.63, 3.8) is 0 Å². The van der Waals surface area contributed by atoms with E-state index >= 15 is 0 Å². The van der Waals surface area contributed by atoms with Crippen molar-refractivity contribution in [1.29, 1.82) is 0 Å². The van der Waals surface area contributed by atoms with Gasteiger partial charge < -0.3 is 9.47 Å². The second-order valence-corrected chi connectivity index (χ2v) is 5.19. The molecule has 0 aliphatic carbocycles. The van der Waals surface area contributed by atoms with Crippen LogP contribution in [0.5, 0.6) is 11.5 Å². The highest BCUT2D eigenvalue weighted by Gasteiger charge is 2.32. The van der Waals surface area contributed by atoms with Gasteiger partial charge in [-0.15, -0.1) is 6.42 Å². The monoisotopic (exact) mass is 244 g/mol. The van der Waals surface area contributed by atoms with Gasteiger partial charge in [0.05, 0.1) is 7.11 Å². The number of ether oxygens (including phenoxy) is 2. The van der Waals surface area contributed by atoms with Gasteiger partial charge in [-0.05, 0) is 50.8 Å². The summed E-state index contributed by atoms with van der Waals surface area (Å²) < 4.78 is 11.6. The lowest BCUT2D eigenvalue weighted by molar-refractivity contribution is 0.122. The zero-order chi connectivity index (χ0) is 13.5. The van der Waals surface area contributed by atoms with Gasteiger partial charge in [-0.2, -0.15) is 0 Å². The van der Waals surface area contributed by atoms with Gasteiger partial charge in [-0.1, -0.05) is 5.92 Å². The number of fused-ring (bicyclic) bond motifs is 1. The molecule has 2 nitrogen and oxygen atoms in total. The molecular weight excluding hydrogens is 224 g/mol. The van der Waals surface area contributed by atoms with Gasteiger partial charge in [0.1, 0.15) is 11.5 Å². The number of hydrogen-bond acceptors (Lipinski definition) is 2. The molecule has 0 bridgehead atoms. The second kappa shape index (κ2) is 4.24. The number of benzene rings is 1. The molecule has 0 saturated carbocycles. The van der Waals surface area contributed by atoms with Gasteiger partial charge in [0.25, 0.3) is 0 Å². The second-order valence-electron chi connectivity index (χ2n) is 5.19. The lowest BCUT2D eigenvalue weighted by Crippen LogP contribution is -2.35. The normalized spacial score (nSPS) is 21.8. The Kier molecular flexibility index (Phi) is 3.02. The van der Waals surface area contributed by atoms with E-state index in [9.17, 15) is 0 Å². The maximum Gasteiger partial charge on any atom is 0.166 e. The van der Waals surface area contributed by atoms with Crippen LogP contribution in [0.3, 0.4) is 0 Å². The summed E-state index contributed by atoms with van der Waals surface area (Å²) in [6, 6.07) is 0. The highest BCUT2D eigenvalue weighted by Crippen LogP contribution is 2.43. The lowest BCUT2D eigenvalue weighted by Gasteiger charge is -2.34. The Morgan fingerprint density at radius 3 is 2.44 bits per heavy atom. The molecule has 0 aromatic heterocycles. The molecule has 18 heavy (non-hydrogen) atoms. The molecule has 0 fully saturated rings. The van der Waals surface area contributed by atoms with Crippen LogP contribution in [0.2, 0.25) is 0 Å². The summed E-state index contributed by atoms with van der Waals surface area (Å²) in [6.07, 6.45) is 7.37. The van der Waals surface area contributed by atoms with Crippen molar-refractivity contribution in [1.82, 2.24) is 0 Å². The Bertz CT molecular complexity index is 537. The van der Waals surface area contributed by atoms with Crippen LogP contribution >= 0.6 is 0 Å². The van der Waals surface area contributed by atoms with Crippen molar-refractivity contribution in [3.05, 3.63) is 22.3 Å². The van der Waals surface area contributed by atoms with Gasteiger partial charge in [0, 0.05) is 12.0 Å². The predicted molar refractivity (Wildman–Crippen MR) is 73.4 cm³/mol. The fraction of sp³-hybridized carbons (Fsp3) is 0.500. The molecule has 0 spiro atoms. The third-order valence-electron chi connectivity index (χ3n) is 4.00. The first-order valence-corrected chi connectivity index (χ1v) is 6.27. The van der Waals surface area contributed by atoms with Crippen LogP contribution in [-0.4, -0.2) is 12.7 Å². The van der Waals surface area contributed by atoms with E-state index < -0.39 is 5.60 Å². The van der Waals surface area contributed by atoms with Gasteiger partial charge in [-0.25, -0.2) is 0 Å². The van der Waals surface area contributed by atoms with Crippen LogP contribution in [0, 0.1) is 33.1 Å². The summed E-state index contributed by atoms with van der Waals surface area (Å²) >= 11 is 0. The third-order valence-corrected chi connectivity index (χ3v) is 4.00. The van der Waals surface area contributed by atoms with E-state index in [1.807, 2.05) is 6.92 Å². The van der Waals surface area contributed by atoms with E-state index in [0.717, 1.165) is 35.5 Å². The van der Waals surface area contributed by atoms with E-state index in [1.165, 1.54) is 11.1 Å². The van der Waals surface area contributed by atoms with Crippen molar-refractivity contribution >= 4 is 0 Å². The molecule has 2 rings (SSSR count). The molecule has 1 aliphatic heterocycles. The van der Waals surface area contributed by atoms with Gasteiger partial charge in [-0.3, -0.25) is 0 Å². The fourth-order valence-corrected chi connectivity index (χ4v) is 2.64. The fourth-order valence-electron chi connectivity index (χ4n) is 2.64. The first-order chi connectivity index (χ1) is 8.43. The summed E-state index contributed by atoms with van der Waals surface area (Å²) in [5, 5.41) is 0. The minimum atomic E-state index is -0.481. The maximum absolute atomic E-state index is 6.07. The van der Waals surface area contributed by atoms with Crippen LogP contribution in [-0.2, 0) is 6.42 Å². The SMILES string of the molecule is C#CC1(C)CCc2c(C)c(OC)c(C)c(C)c2O1. The number of methoxy groups -OCH3 is 1. The van der Waals surface area contributed by atoms with Gasteiger partial charge >= 0.3 is 0 Å². The maximum atomic E-state index is 6.07. The number of terminal acetylenes is 1. The molecule has 1 unspecified atom stereocenters. The summed E-state index contributed by atoms with van der Waals surface area (Å²) in [5.41, 5.74) is 4.20. The quantitative estimate of drug-likeness (QED) is 0.705. The van der Waals surface area contributed by atoms with E-state index in [-0.39, 0.29) is 0 Å². The van der Waals surface area contributed by atoms with E-state index in [2.05, 4.69) is 26.7 Å². The first kappa shape index (κ1) is 12.8. The van der Waals surface area contributed by atoms with Crippen LogP contribution in [0.15, 0.2) is 0 Å². The largest absolute Gasteiger partial charge is 0.496 e. The van der Waals surface area contributed by atoms with Crippen LogP contribution < -0.4 is 9.47 Å². The molecule has 96 valence electrons. The van der Waals surface area contributed by atoms with Crippen LogP contribution in [0.25, 0.3) is 0 Å². The van der Waals surface area contributed by atoms with Gasteiger partial charge in [0.2, 0.25) is 0 Å². The molecular formula is C16H20O2. The highest BCUT2D eigenvalue weighted by atomic mass is 16.5. The zero-order valence-electron chi connectivity index (χ0n) is 11.8. The highest BCUT2D eigenvalue weighted by molar-refractivity contribution is 5.59. The Morgan fingerprint density at radius 1 is 1.22 bits per heavy atom. The van der Waals surface area contributed by atoms with Gasteiger partial charge in [0.15, 0.2) is 5.60 Å². The average molecular weight is 244 g/mol. The minimum Gasteiger partial charge on any atom is -0.496 e.